The molecule has 1 saturated heterocycles. The van der Waals surface area contributed by atoms with Gasteiger partial charge in [-0.15, -0.1) is 12.4 Å². The first-order valence-corrected chi connectivity index (χ1v) is 13.4. The lowest BCUT2D eigenvalue weighted by atomic mass is 10.2. The summed E-state index contributed by atoms with van der Waals surface area (Å²) in [7, 11) is -4.30. The highest BCUT2D eigenvalue weighted by Gasteiger charge is 2.32. The van der Waals surface area contributed by atoms with Crippen molar-refractivity contribution in [3.05, 3.63) is 96.1 Å². The second-order valence-corrected chi connectivity index (χ2v) is 10.3. The number of carbonyl (C=O) groups excluding carboxylic acids is 3. The van der Waals surface area contributed by atoms with Crippen LogP contribution in [-0.2, 0) is 14.8 Å². The Morgan fingerprint density at radius 3 is 2.11 bits per heavy atom. The van der Waals surface area contributed by atoms with Gasteiger partial charge in [-0.2, -0.15) is 4.31 Å². The van der Waals surface area contributed by atoms with Crippen LogP contribution in [0.15, 0.2) is 89.8 Å². The Bertz CT molecular complexity index is 1350. The maximum Gasteiger partial charge on any atom is 0.272 e. The largest absolute Gasteiger partial charge is 0.343 e. The van der Waals surface area contributed by atoms with Crippen molar-refractivity contribution in [1.29, 1.82) is 0 Å². The summed E-state index contributed by atoms with van der Waals surface area (Å²) < 4.78 is 27.9. The summed E-state index contributed by atoms with van der Waals surface area (Å²) in [4.78, 5) is 39.9. The first kappa shape index (κ1) is 28.8. The molecule has 1 aliphatic rings. The number of hydrogen-bond donors (Lipinski definition) is 2. The van der Waals surface area contributed by atoms with Gasteiger partial charge in [-0.1, -0.05) is 36.4 Å². The van der Waals surface area contributed by atoms with Crippen LogP contribution < -0.4 is 14.9 Å². The van der Waals surface area contributed by atoms with Gasteiger partial charge in [-0.25, -0.2) is 8.42 Å². The van der Waals surface area contributed by atoms with Crippen LogP contribution in [0.2, 0.25) is 0 Å². The Morgan fingerprint density at radius 2 is 1.45 bits per heavy atom. The molecule has 4 rings (SSSR count). The zero-order chi connectivity index (χ0) is 26.3. The molecule has 0 unspecified atom stereocenters. The minimum Gasteiger partial charge on any atom is -0.343 e. The van der Waals surface area contributed by atoms with Gasteiger partial charge in [-0.3, -0.25) is 14.4 Å². The maximum absolute atomic E-state index is 13.6. The van der Waals surface area contributed by atoms with Gasteiger partial charge in [0.05, 0.1) is 17.1 Å². The predicted molar refractivity (Wildman–Crippen MR) is 147 cm³/mol. The van der Waals surface area contributed by atoms with E-state index in [2.05, 4.69) is 10.6 Å². The lowest BCUT2D eigenvalue weighted by Gasteiger charge is -2.23. The van der Waals surface area contributed by atoms with Crippen LogP contribution in [0.1, 0.15) is 27.1 Å². The van der Waals surface area contributed by atoms with E-state index in [1.165, 1.54) is 36.4 Å². The molecule has 0 radical (unpaired) electrons. The van der Waals surface area contributed by atoms with E-state index in [0.29, 0.717) is 19.6 Å². The Labute approximate surface area is 228 Å². The Kier molecular flexibility index (Phi) is 10.0. The topological polar surface area (TPSA) is 116 Å². The second-order valence-electron chi connectivity index (χ2n) is 8.47. The fourth-order valence-corrected chi connectivity index (χ4v) is 5.39. The molecule has 3 aromatic carbocycles. The van der Waals surface area contributed by atoms with Crippen molar-refractivity contribution in [3.63, 3.8) is 0 Å². The SMILES string of the molecule is Cl.O=C(NCC(=O)N1CCCNCC1)c1ccc(S(=O)(=O)N(C(=O)c2ccccc2)c2ccccc2)cc1. The summed E-state index contributed by atoms with van der Waals surface area (Å²) in [6.45, 7) is 2.63. The number of benzene rings is 3. The van der Waals surface area contributed by atoms with Crippen LogP contribution in [0, 0.1) is 0 Å². The molecule has 9 nitrogen and oxygen atoms in total. The third-order valence-corrected chi connectivity index (χ3v) is 7.67. The quantitative estimate of drug-likeness (QED) is 0.462. The summed E-state index contributed by atoms with van der Waals surface area (Å²) in [6.07, 6.45) is 0.850. The lowest BCUT2D eigenvalue weighted by Crippen LogP contribution is -2.41. The average Bonchev–Trinajstić information content (AvgIpc) is 3.22. The molecule has 1 heterocycles. The van der Waals surface area contributed by atoms with Crippen LogP contribution in [0.25, 0.3) is 0 Å². The monoisotopic (exact) mass is 556 g/mol. The zero-order valence-corrected chi connectivity index (χ0v) is 22.2. The van der Waals surface area contributed by atoms with Crippen LogP contribution in [-0.4, -0.2) is 63.8 Å². The van der Waals surface area contributed by atoms with Crippen molar-refractivity contribution in [2.75, 3.05) is 37.0 Å². The molecule has 2 N–H and O–H groups in total. The Hall–Kier alpha value is -3.73. The molecule has 0 atom stereocenters. The molecule has 0 saturated carbocycles. The number of amides is 3. The standard InChI is InChI=1S/C27H28N4O5S.ClH/c32-25(30-18-7-16-28-17-19-30)20-29-26(33)21-12-14-24(15-13-21)37(35,36)31(23-10-5-2-6-11-23)27(34)22-8-3-1-4-9-22;/h1-6,8-15,28H,7,16-20H2,(H,29,33);1H. The molecular formula is C27H29ClN4O5S. The normalized spacial score (nSPS) is 13.5. The second kappa shape index (κ2) is 13.2. The predicted octanol–water partition coefficient (Wildman–Crippen LogP) is 2.70. The Morgan fingerprint density at radius 1 is 0.816 bits per heavy atom. The highest BCUT2D eigenvalue weighted by Crippen LogP contribution is 2.26. The van der Waals surface area contributed by atoms with E-state index >= 15 is 0 Å². The fraction of sp³-hybridized carbons (Fsp3) is 0.222. The van der Waals surface area contributed by atoms with E-state index in [1.807, 2.05) is 0 Å². The molecule has 11 heteroatoms. The number of sulfonamides is 1. The van der Waals surface area contributed by atoms with Gasteiger partial charge in [0.1, 0.15) is 0 Å². The van der Waals surface area contributed by atoms with Gasteiger partial charge in [0.25, 0.3) is 21.8 Å². The molecule has 1 aliphatic heterocycles. The average molecular weight is 557 g/mol. The number of hydrogen-bond acceptors (Lipinski definition) is 6. The summed E-state index contributed by atoms with van der Waals surface area (Å²) in [5.74, 6) is -1.37. The molecule has 0 spiro atoms. The molecule has 38 heavy (non-hydrogen) atoms. The third-order valence-electron chi connectivity index (χ3n) is 5.94. The third kappa shape index (κ3) is 6.77. The first-order valence-electron chi connectivity index (χ1n) is 11.9. The van der Waals surface area contributed by atoms with Crippen molar-refractivity contribution in [3.8, 4) is 0 Å². The molecule has 0 aliphatic carbocycles. The van der Waals surface area contributed by atoms with Gasteiger partial charge in [0.2, 0.25) is 5.91 Å². The molecular weight excluding hydrogens is 528 g/mol. The van der Waals surface area contributed by atoms with Crippen LogP contribution >= 0.6 is 12.4 Å². The van der Waals surface area contributed by atoms with E-state index in [4.69, 9.17) is 0 Å². The smallest absolute Gasteiger partial charge is 0.272 e. The summed E-state index contributed by atoms with van der Waals surface area (Å²) in [5, 5.41) is 5.82. The molecule has 0 bridgehead atoms. The summed E-state index contributed by atoms with van der Waals surface area (Å²) in [5.41, 5.74) is 0.612. The van der Waals surface area contributed by atoms with Gasteiger partial charge in [0, 0.05) is 30.8 Å². The van der Waals surface area contributed by atoms with E-state index in [-0.39, 0.29) is 46.6 Å². The molecule has 3 aromatic rings. The van der Waals surface area contributed by atoms with Crippen LogP contribution in [0.5, 0.6) is 0 Å². The zero-order valence-electron chi connectivity index (χ0n) is 20.6. The number of nitrogens with one attached hydrogen (secondary N) is 2. The number of para-hydroxylation sites is 1. The van der Waals surface area contributed by atoms with Crippen molar-refractivity contribution >= 4 is 45.8 Å². The molecule has 1 fully saturated rings. The van der Waals surface area contributed by atoms with Crippen LogP contribution in [0.4, 0.5) is 5.69 Å². The van der Waals surface area contributed by atoms with Gasteiger partial charge in [0.15, 0.2) is 0 Å². The van der Waals surface area contributed by atoms with Gasteiger partial charge >= 0.3 is 0 Å². The molecule has 0 aromatic heterocycles. The summed E-state index contributed by atoms with van der Waals surface area (Å²) >= 11 is 0. The van der Waals surface area contributed by atoms with E-state index < -0.39 is 21.8 Å². The van der Waals surface area contributed by atoms with E-state index in [0.717, 1.165) is 17.3 Å². The van der Waals surface area contributed by atoms with Crippen molar-refractivity contribution in [1.82, 2.24) is 15.5 Å². The highest BCUT2D eigenvalue weighted by molar-refractivity contribution is 7.93. The highest BCUT2D eigenvalue weighted by atomic mass is 35.5. The van der Waals surface area contributed by atoms with Gasteiger partial charge in [-0.05, 0) is 61.5 Å². The first-order chi connectivity index (χ1) is 17.9. The van der Waals surface area contributed by atoms with E-state index in [9.17, 15) is 22.8 Å². The van der Waals surface area contributed by atoms with Crippen LogP contribution in [0.3, 0.4) is 0 Å². The number of halogens is 1. The maximum atomic E-state index is 13.6. The van der Waals surface area contributed by atoms with E-state index in [1.54, 1.807) is 53.4 Å². The van der Waals surface area contributed by atoms with Crippen molar-refractivity contribution in [2.24, 2.45) is 0 Å². The summed E-state index contributed by atoms with van der Waals surface area (Å²) in [6, 6.07) is 21.5. The fourth-order valence-electron chi connectivity index (χ4n) is 3.98. The number of carbonyl (C=O) groups is 3. The minimum absolute atomic E-state index is 0. The molecule has 3 amide bonds. The number of anilines is 1. The van der Waals surface area contributed by atoms with Crippen molar-refractivity contribution in [2.45, 2.75) is 11.3 Å². The number of nitrogens with zero attached hydrogens (tertiary/aromatic N) is 2. The number of rotatable bonds is 7. The van der Waals surface area contributed by atoms with Crippen molar-refractivity contribution < 1.29 is 22.8 Å². The van der Waals surface area contributed by atoms with Gasteiger partial charge < -0.3 is 15.5 Å². The lowest BCUT2D eigenvalue weighted by molar-refractivity contribution is -0.129. The minimum atomic E-state index is -4.30. The Balaban J connectivity index is 0.00000400. The molecule has 200 valence electrons.